The second-order valence-corrected chi connectivity index (χ2v) is 4.78. The molecule has 1 heterocycles. The fraction of sp³-hybridized carbons (Fsp3) is 0.111. The third-order valence-electron chi connectivity index (χ3n) is 1.68. The fourth-order valence-corrected chi connectivity index (χ4v) is 2.15. The maximum Gasteiger partial charge on any atom is 0.281 e. The first-order valence-electron chi connectivity index (χ1n) is 4.18. The van der Waals surface area contributed by atoms with Gasteiger partial charge in [-0.1, -0.05) is 15.9 Å². The number of halogens is 1. The number of aromatic nitrogens is 2. The Bertz CT molecular complexity index is 486. The molecule has 0 aliphatic carbocycles. The molecule has 0 saturated heterocycles. The van der Waals surface area contributed by atoms with Gasteiger partial charge in [0.15, 0.2) is 0 Å². The lowest BCUT2D eigenvalue weighted by Gasteiger charge is -2.01. The van der Waals surface area contributed by atoms with Gasteiger partial charge in [0.1, 0.15) is 0 Å². The van der Waals surface area contributed by atoms with E-state index in [-0.39, 0.29) is 0 Å². The molecule has 1 aromatic heterocycles. The van der Waals surface area contributed by atoms with Crippen LogP contribution in [0.1, 0.15) is 5.89 Å². The molecule has 2 rings (SSSR count). The van der Waals surface area contributed by atoms with Crippen molar-refractivity contribution in [3.8, 4) is 0 Å². The Hall–Kier alpha value is -1.01. The molecule has 6 heteroatoms. The van der Waals surface area contributed by atoms with Crippen LogP contribution in [0.25, 0.3) is 0 Å². The summed E-state index contributed by atoms with van der Waals surface area (Å²) in [6.07, 6.45) is 0. The Morgan fingerprint density at radius 2 is 2.20 bits per heavy atom. The molecule has 15 heavy (non-hydrogen) atoms. The summed E-state index contributed by atoms with van der Waals surface area (Å²) in [5.74, 6) is 0.549. The van der Waals surface area contributed by atoms with E-state index in [4.69, 9.17) is 10.2 Å². The number of hydrogen-bond acceptors (Lipinski definition) is 5. The first-order chi connectivity index (χ1) is 7.15. The van der Waals surface area contributed by atoms with Crippen LogP contribution in [0.4, 0.5) is 5.69 Å². The molecule has 0 spiro atoms. The Balaban J connectivity index is 2.24. The van der Waals surface area contributed by atoms with Crippen molar-refractivity contribution < 1.29 is 4.42 Å². The molecule has 0 atom stereocenters. The summed E-state index contributed by atoms with van der Waals surface area (Å²) in [6.45, 7) is 1.75. The van der Waals surface area contributed by atoms with Gasteiger partial charge in [-0.05, 0) is 30.0 Å². The van der Waals surface area contributed by atoms with Crippen LogP contribution in [0.5, 0.6) is 0 Å². The molecule has 0 amide bonds. The number of aryl methyl sites for hydroxylation is 1. The average Bonchev–Trinajstić information content (AvgIpc) is 2.56. The van der Waals surface area contributed by atoms with Gasteiger partial charge >= 0.3 is 0 Å². The van der Waals surface area contributed by atoms with Crippen LogP contribution in [0.2, 0.25) is 0 Å². The van der Waals surface area contributed by atoms with Crippen molar-refractivity contribution in [3.05, 3.63) is 28.6 Å². The van der Waals surface area contributed by atoms with E-state index < -0.39 is 0 Å². The van der Waals surface area contributed by atoms with Crippen LogP contribution < -0.4 is 5.73 Å². The Morgan fingerprint density at radius 3 is 2.80 bits per heavy atom. The summed E-state index contributed by atoms with van der Waals surface area (Å²) >= 11 is 4.70. The van der Waals surface area contributed by atoms with Crippen molar-refractivity contribution in [2.24, 2.45) is 0 Å². The van der Waals surface area contributed by atoms with E-state index >= 15 is 0 Å². The monoisotopic (exact) mass is 285 g/mol. The van der Waals surface area contributed by atoms with E-state index in [1.165, 1.54) is 11.8 Å². The molecule has 1 aromatic carbocycles. The Morgan fingerprint density at radius 1 is 1.40 bits per heavy atom. The van der Waals surface area contributed by atoms with Crippen LogP contribution in [-0.4, -0.2) is 10.2 Å². The van der Waals surface area contributed by atoms with E-state index in [2.05, 4.69) is 26.1 Å². The zero-order chi connectivity index (χ0) is 10.8. The van der Waals surface area contributed by atoms with Crippen LogP contribution >= 0.6 is 27.7 Å². The SMILES string of the molecule is Cc1nnc(Sc2ccc(Br)cc2N)o1. The second-order valence-electron chi connectivity index (χ2n) is 2.87. The van der Waals surface area contributed by atoms with Gasteiger partial charge < -0.3 is 10.2 Å². The van der Waals surface area contributed by atoms with Gasteiger partial charge in [-0.2, -0.15) is 0 Å². The number of rotatable bonds is 2. The highest BCUT2D eigenvalue weighted by molar-refractivity contribution is 9.10. The zero-order valence-electron chi connectivity index (χ0n) is 7.90. The largest absolute Gasteiger partial charge is 0.416 e. The number of nitrogens with zero attached hydrogens (tertiary/aromatic N) is 2. The van der Waals surface area contributed by atoms with Crippen molar-refractivity contribution in [2.45, 2.75) is 17.0 Å². The summed E-state index contributed by atoms with van der Waals surface area (Å²) in [5.41, 5.74) is 6.52. The molecule has 2 N–H and O–H groups in total. The number of nitrogens with two attached hydrogens (primary N) is 1. The van der Waals surface area contributed by atoms with Gasteiger partial charge in [0.05, 0.1) is 0 Å². The molecule has 0 unspecified atom stereocenters. The highest BCUT2D eigenvalue weighted by atomic mass is 79.9. The normalized spacial score (nSPS) is 10.5. The number of anilines is 1. The lowest BCUT2D eigenvalue weighted by Crippen LogP contribution is -1.87. The van der Waals surface area contributed by atoms with Crippen molar-refractivity contribution >= 4 is 33.4 Å². The van der Waals surface area contributed by atoms with Crippen LogP contribution in [0.3, 0.4) is 0 Å². The van der Waals surface area contributed by atoms with Gasteiger partial charge in [-0.3, -0.25) is 0 Å². The van der Waals surface area contributed by atoms with Gasteiger partial charge in [0, 0.05) is 22.0 Å². The summed E-state index contributed by atoms with van der Waals surface area (Å²) < 4.78 is 6.20. The molecule has 2 aromatic rings. The maximum absolute atomic E-state index is 5.84. The molecule has 0 bridgehead atoms. The average molecular weight is 286 g/mol. The number of hydrogen-bond donors (Lipinski definition) is 1. The molecule has 78 valence electrons. The second kappa shape index (κ2) is 4.24. The standard InChI is InChI=1S/C9H8BrN3OS/c1-5-12-13-9(14-5)15-8-3-2-6(10)4-7(8)11/h2-4H,11H2,1H3. The predicted molar refractivity (Wildman–Crippen MR) is 61.7 cm³/mol. The quantitative estimate of drug-likeness (QED) is 0.860. The van der Waals surface area contributed by atoms with E-state index in [1.807, 2.05) is 18.2 Å². The topological polar surface area (TPSA) is 64.9 Å². The van der Waals surface area contributed by atoms with E-state index in [1.54, 1.807) is 6.92 Å². The molecule has 4 nitrogen and oxygen atoms in total. The van der Waals surface area contributed by atoms with Gasteiger partial charge in [-0.15, -0.1) is 10.2 Å². The van der Waals surface area contributed by atoms with Crippen LogP contribution in [0, 0.1) is 6.92 Å². The van der Waals surface area contributed by atoms with E-state index in [0.717, 1.165) is 9.37 Å². The first-order valence-corrected chi connectivity index (χ1v) is 5.79. The summed E-state index contributed by atoms with van der Waals surface area (Å²) in [7, 11) is 0. The predicted octanol–water partition coefficient (Wildman–Crippen LogP) is 2.87. The molecular formula is C9H8BrN3OS. The molecule has 0 aliphatic rings. The minimum absolute atomic E-state index is 0.501. The summed E-state index contributed by atoms with van der Waals surface area (Å²) in [4.78, 5) is 0.904. The molecule has 0 fully saturated rings. The minimum Gasteiger partial charge on any atom is -0.416 e. The summed E-state index contributed by atoms with van der Waals surface area (Å²) in [6, 6.07) is 5.66. The third kappa shape index (κ3) is 2.51. The lowest BCUT2D eigenvalue weighted by molar-refractivity contribution is 0.429. The van der Waals surface area contributed by atoms with E-state index in [0.29, 0.717) is 16.8 Å². The zero-order valence-corrected chi connectivity index (χ0v) is 10.3. The highest BCUT2D eigenvalue weighted by Gasteiger charge is 2.07. The number of nitrogen functional groups attached to an aromatic ring is 1. The molecule has 0 aliphatic heterocycles. The Kier molecular flexibility index (Phi) is 2.97. The van der Waals surface area contributed by atoms with Crippen molar-refractivity contribution in [1.82, 2.24) is 10.2 Å². The first kappa shape index (κ1) is 10.5. The van der Waals surface area contributed by atoms with Crippen LogP contribution in [0.15, 0.2) is 37.2 Å². The van der Waals surface area contributed by atoms with Crippen molar-refractivity contribution in [2.75, 3.05) is 5.73 Å². The third-order valence-corrected chi connectivity index (χ3v) is 3.10. The highest BCUT2D eigenvalue weighted by Crippen LogP contribution is 2.32. The lowest BCUT2D eigenvalue weighted by atomic mass is 10.3. The Labute approximate surface area is 99.4 Å². The summed E-state index contributed by atoms with van der Waals surface area (Å²) in [5, 5.41) is 8.13. The molecule has 0 radical (unpaired) electrons. The van der Waals surface area contributed by atoms with Gasteiger partial charge in [0.25, 0.3) is 5.22 Å². The minimum atomic E-state index is 0.501. The maximum atomic E-state index is 5.84. The number of benzene rings is 1. The smallest absolute Gasteiger partial charge is 0.281 e. The van der Waals surface area contributed by atoms with Gasteiger partial charge in [0.2, 0.25) is 5.89 Å². The molecule has 0 saturated carbocycles. The van der Waals surface area contributed by atoms with Crippen LogP contribution in [-0.2, 0) is 0 Å². The van der Waals surface area contributed by atoms with Crippen molar-refractivity contribution in [3.63, 3.8) is 0 Å². The fourth-order valence-electron chi connectivity index (χ4n) is 1.03. The van der Waals surface area contributed by atoms with E-state index in [9.17, 15) is 0 Å². The molecular weight excluding hydrogens is 278 g/mol. The van der Waals surface area contributed by atoms with Gasteiger partial charge in [-0.25, -0.2) is 0 Å². The van der Waals surface area contributed by atoms with Crippen molar-refractivity contribution in [1.29, 1.82) is 0 Å².